The summed E-state index contributed by atoms with van der Waals surface area (Å²) in [6.07, 6.45) is 2.55. The van der Waals surface area contributed by atoms with Crippen LogP contribution in [0, 0.1) is 5.92 Å². The van der Waals surface area contributed by atoms with Crippen molar-refractivity contribution in [1.29, 1.82) is 0 Å². The number of methoxy groups -OCH3 is 3. The third-order valence-corrected chi connectivity index (χ3v) is 5.05. The van der Waals surface area contributed by atoms with Crippen molar-refractivity contribution in [3.05, 3.63) is 47.5 Å². The Hall–Kier alpha value is -3.09. The van der Waals surface area contributed by atoms with Crippen molar-refractivity contribution in [2.24, 2.45) is 10.9 Å². The molecule has 2 aromatic rings. The van der Waals surface area contributed by atoms with Gasteiger partial charge in [-0.15, -0.1) is 0 Å². The first kappa shape index (κ1) is 21.6. The van der Waals surface area contributed by atoms with Crippen LogP contribution >= 0.6 is 0 Å². The molecule has 0 spiro atoms. The van der Waals surface area contributed by atoms with Crippen molar-refractivity contribution in [2.75, 3.05) is 35.0 Å². The van der Waals surface area contributed by atoms with Crippen LogP contribution in [-0.4, -0.2) is 40.9 Å². The van der Waals surface area contributed by atoms with Gasteiger partial charge in [0.1, 0.15) is 5.75 Å². The minimum Gasteiger partial charge on any atom is -0.493 e. The lowest BCUT2D eigenvalue weighted by atomic mass is 10.1. The fourth-order valence-corrected chi connectivity index (χ4v) is 3.16. The van der Waals surface area contributed by atoms with Gasteiger partial charge in [0, 0.05) is 31.3 Å². The second-order valence-corrected chi connectivity index (χ2v) is 7.13. The lowest BCUT2D eigenvalue weighted by molar-refractivity contribution is 0.296. The van der Waals surface area contributed by atoms with E-state index < -0.39 is 0 Å². The lowest BCUT2D eigenvalue weighted by Gasteiger charge is -2.18. The molecule has 0 atom stereocenters. The molecule has 1 saturated carbocycles. The van der Waals surface area contributed by atoms with E-state index in [1.54, 1.807) is 28.4 Å². The number of aliphatic imine (C=N–C) groups is 1. The van der Waals surface area contributed by atoms with Gasteiger partial charge in [0.15, 0.2) is 17.5 Å². The van der Waals surface area contributed by atoms with Gasteiger partial charge in [0.25, 0.3) is 0 Å². The summed E-state index contributed by atoms with van der Waals surface area (Å²) in [6.45, 7) is 1.93. The topological polar surface area (TPSA) is 73.3 Å². The van der Waals surface area contributed by atoms with Gasteiger partial charge in [-0.2, -0.15) is 0 Å². The van der Waals surface area contributed by atoms with E-state index >= 15 is 0 Å². The molecule has 1 aliphatic carbocycles. The maximum absolute atomic E-state index is 5.99. The quantitative estimate of drug-likeness (QED) is 0.460. The molecule has 162 valence electrons. The van der Waals surface area contributed by atoms with Gasteiger partial charge in [-0.3, -0.25) is 4.99 Å². The lowest BCUT2D eigenvalue weighted by Crippen LogP contribution is -2.36. The average molecular weight is 414 g/mol. The second-order valence-electron chi connectivity index (χ2n) is 7.13. The second kappa shape index (κ2) is 10.6. The van der Waals surface area contributed by atoms with Gasteiger partial charge in [-0.25, -0.2) is 0 Å². The maximum Gasteiger partial charge on any atom is 0.203 e. The number of para-hydroxylation sites is 1. The number of hydrogen-bond donors (Lipinski definition) is 2. The fraction of sp³-hybridized carbons (Fsp3) is 0.435. The number of benzene rings is 2. The van der Waals surface area contributed by atoms with Crippen molar-refractivity contribution in [2.45, 2.75) is 25.9 Å². The van der Waals surface area contributed by atoms with Crippen LogP contribution in [0.25, 0.3) is 0 Å². The van der Waals surface area contributed by atoms with Crippen LogP contribution in [0.3, 0.4) is 0 Å². The zero-order chi connectivity index (χ0) is 21.3. The summed E-state index contributed by atoms with van der Waals surface area (Å²) in [5.41, 5.74) is 2.04. The first-order valence-corrected chi connectivity index (χ1v) is 10.1. The Kier molecular flexibility index (Phi) is 7.65. The molecule has 3 rings (SSSR count). The molecule has 7 heteroatoms. The van der Waals surface area contributed by atoms with Gasteiger partial charge in [-0.05, 0) is 37.0 Å². The molecular formula is C23H31N3O4. The predicted octanol–water partition coefficient (Wildman–Crippen LogP) is 3.37. The third-order valence-electron chi connectivity index (χ3n) is 5.05. The first-order valence-electron chi connectivity index (χ1n) is 10.1. The van der Waals surface area contributed by atoms with E-state index in [1.165, 1.54) is 12.8 Å². The van der Waals surface area contributed by atoms with Crippen LogP contribution in [0.15, 0.2) is 41.4 Å². The first-order chi connectivity index (χ1) is 14.7. The fourth-order valence-electron chi connectivity index (χ4n) is 3.16. The van der Waals surface area contributed by atoms with E-state index in [9.17, 15) is 0 Å². The summed E-state index contributed by atoms with van der Waals surface area (Å²) < 4.78 is 22.3. The van der Waals surface area contributed by atoms with Gasteiger partial charge in [-0.1, -0.05) is 18.2 Å². The SMILES string of the molecule is CN=C(NCc1ccccc1OCC1CC1)NCc1ccc(OC)c(OC)c1OC. The summed E-state index contributed by atoms with van der Waals surface area (Å²) in [7, 11) is 6.57. The van der Waals surface area contributed by atoms with Crippen LogP contribution in [0.5, 0.6) is 23.0 Å². The highest BCUT2D eigenvalue weighted by molar-refractivity contribution is 5.79. The molecule has 1 aliphatic rings. The van der Waals surface area contributed by atoms with Crippen molar-refractivity contribution in [3.63, 3.8) is 0 Å². The van der Waals surface area contributed by atoms with Crippen LogP contribution in [0.2, 0.25) is 0 Å². The van der Waals surface area contributed by atoms with Crippen molar-refractivity contribution < 1.29 is 18.9 Å². The standard InChI is InChI=1S/C23H31N3O4/c1-24-23(25-13-17-7-5-6-8-19(17)30-15-16-9-10-16)26-14-18-11-12-20(27-2)22(29-4)21(18)28-3/h5-8,11-12,16H,9-10,13-15H2,1-4H3,(H2,24,25,26). The maximum atomic E-state index is 5.99. The summed E-state index contributed by atoms with van der Waals surface area (Å²) >= 11 is 0. The minimum atomic E-state index is 0.517. The number of nitrogens with one attached hydrogen (secondary N) is 2. The van der Waals surface area contributed by atoms with E-state index in [2.05, 4.69) is 21.7 Å². The predicted molar refractivity (Wildman–Crippen MR) is 118 cm³/mol. The van der Waals surface area contributed by atoms with Gasteiger partial charge < -0.3 is 29.6 Å². The number of nitrogens with zero attached hydrogens (tertiary/aromatic N) is 1. The van der Waals surface area contributed by atoms with E-state index in [0.717, 1.165) is 29.4 Å². The Morgan fingerprint density at radius 1 is 0.867 bits per heavy atom. The highest BCUT2D eigenvalue weighted by Crippen LogP contribution is 2.39. The molecule has 0 heterocycles. The number of rotatable bonds is 10. The molecule has 2 aromatic carbocycles. The van der Waals surface area contributed by atoms with E-state index in [4.69, 9.17) is 18.9 Å². The van der Waals surface area contributed by atoms with Gasteiger partial charge in [0.05, 0.1) is 27.9 Å². The Bertz CT molecular complexity index is 866. The molecular weight excluding hydrogens is 382 g/mol. The molecule has 0 amide bonds. The van der Waals surface area contributed by atoms with Crippen LogP contribution in [-0.2, 0) is 13.1 Å². The highest BCUT2D eigenvalue weighted by Gasteiger charge is 2.22. The molecule has 2 N–H and O–H groups in total. The molecule has 0 aromatic heterocycles. The van der Waals surface area contributed by atoms with E-state index in [0.29, 0.717) is 36.3 Å². The average Bonchev–Trinajstić information content (AvgIpc) is 3.62. The summed E-state index contributed by atoms with van der Waals surface area (Å²) in [6, 6.07) is 11.9. The van der Waals surface area contributed by atoms with Crippen LogP contribution in [0.1, 0.15) is 24.0 Å². The van der Waals surface area contributed by atoms with Crippen molar-refractivity contribution in [3.8, 4) is 23.0 Å². The molecule has 7 nitrogen and oxygen atoms in total. The van der Waals surface area contributed by atoms with Crippen molar-refractivity contribution in [1.82, 2.24) is 10.6 Å². The minimum absolute atomic E-state index is 0.517. The van der Waals surface area contributed by atoms with E-state index in [1.807, 2.05) is 30.3 Å². The summed E-state index contributed by atoms with van der Waals surface area (Å²) in [5.74, 6) is 4.17. The smallest absolute Gasteiger partial charge is 0.203 e. The Morgan fingerprint density at radius 3 is 2.20 bits per heavy atom. The Morgan fingerprint density at radius 2 is 1.57 bits per heavy atom. The zero-order valence-corrected chi connectivity index (χ0v) is 18.2. The normalized spacial score (nSPS) is 13.5. The van der Waals surface area contributed by atoms with Gasteiger partial charge >= 0.3 is 0 Å². The van der Waals surface area contributed by atoms with Crippen LogP contribution < -0.4 is 29.6 Å². The molecule has 0 radical (unpaired) electrons. The third kappa shape index (κ3) is 5.49. The highest BCUT2D eigenvalue weighted by atomic mass is 16.5. The molecule has 1 fully saturated rings. The number of ether oxygens (including phenoxy) is 4. The molecule has 0 bridgehead atoms. The van der Waals surface area contributed by atoms with Crippen molar-refractivity contribution >= 4 is 5.96 Å². The molecule has 0 aliphatic heterocycles. The monoisotopic (exact) mass is 413 g/mol. The molecule has 30 heavy (non-hydrogen) atoms. The largest absolute Gasteiger partial charge is 0.493 e. The summed E-state index contributed by atoms with van der Waals surface area (Å²) in [5, 5.41) is 6.67. The van der Waals surface area contributed by atoms with Crippen LogP contribution in [0.4, 0.5) is 0 Å². The molecule has 0 saturated heterocycles. The Balaban J connectivity index is 1.61. The van der Waals surface area contributed by atoms with E-state index in [-0.39, 0.29) is 0 Å². The summed E-state index contributed by atoms with van der Waals surface area (Å²) in [4.78, 5) is 4.32. The van der Waals surface area contributed by atoms with Gasteiger partial charge in [0.2, 0.25) is 5.75 Å². The Labute approximate surface area is 178 Å². The molecule has 0 unspecified atom stereocenters. The number of hydrogen-bond acceptors (Lipinski definition) is 5. The zero-order valence-electron chi connectivity index (χ0n) is 18.2. The number of guanidine groups is 1.